The molecule has 0 aliphatic carbocycles. The quantitative estimate of drug-likeness (QED) is 0.0553. The Kier molecular flexibility index (Phi) is 12.2. The molecule has 0 saturated heterocycles. The van der Waals surface area contributed by atoms with E-state index in [1.807, 2.05) is 30.3 Å². The summed E-state index contributed by atoms with van der Waals surface area (Å²) in [4.78, 5) is 12.5. The molecule has 63 heavy (non-hydrogen) atoms. The average molecular weight is 933 g/mol. The number of rotatable bonds is 5. The van der Waals surface area contributed by atoms with Crippen molar-refractivity contribution in [3.8, 4) is 0 Å². The molecule has 6 aromatic carbocycles. The van der Waals surface area contributed by atoms with Crippen molar-refractivity contribution in [2.24, 2.45) is 0 Å². The Balaban J connectivity index is 0.000000302. The molecule has 0 saturated carbocycles. The molecule has 0 aliphatic rings. The van der Waals surface area contributed by atoms with Crippen LogP contribution in [-0.2, 0) is 0 Å². The Bertz CT molecular complexity index is 2750. The van der Waals surface area contributed by atoms with Crippen LogP contribution in [0.5, 0.6) is 0 Å². The van der Waals surface area contributed by atoms with Gasteiger partial charge in [0.15, 0.2) is 75.2 Å². The van der Waals surface area contributed by atoms with Crippen LogP contribution in [0.3, 0.4) is 0 Å². The smallest absolute Gasteiger partial charge is 0.200 e. The maximum atomic E-state index is 15.4. The van der Waals surface area contributed by atoms with Crippen molar-refractivity contribution < 1.29 is 87.8 Å². The van der Waals surface area contributed by atoms with Gasteiger partial charge in [0.25, 0.3) is 0 Å². The largest absolute Gasteiger partial charge is 0.289 e. The van der Waals surface area contributed by atoms with Crippen LogP contribution in [0.1, 0.15) is 25.3 Å². The van der Waals surface area contributed by atoms with E-state index in [2.05, 4.69) is 26.0 Å². The fourth-order valence-electron chi connectivity index (χ4n) is 7.05. The first kappa shape index (κ1) is 46.4. The molecule has 1 nitrogen and oxygen atoms in total. The van der Waals surface area contributed by atoms with Crippen LogP contribution in [0.15, 0.2) is 47.3 Å². The number of hydrogen-bond acceptors (Lipinski definition) is 2. The van der Waals surface area contributed by atoms with Gasteiger partial charge < -0.3 is 0 Å². The number of fused-ring (bicyclic) bond motifs is 2. The van der Waals surface area contributed by atoms with Crippen molar-refractivity contribution in [1.82, 2.24) is 0 Å². The Morgan fingerprint density at radius 1 is 0.365 bits per heavy atom. The van der Waals surface area contributed by atoms with Gasteiger partial charge in [-0.05, 0) is 35.7 Å². The maximum absolute atomic E-state index is 15.4. The van der Waals surface area contributed by atoms with Gasteiger partial charge in [0.1, 0.15) is 52.7 Å². The van der Waals surface area contributed by atoms with Crippen molar-refractivity contribution in [3.63, 3.8) is 0 Å². The summed E-state index contributed by atoms with van der Waals surface area (Å²) in [6.07, 6.45) is -7.22. The summed E-state index contributed by atoms with van der Waals surface area (Å²) in [7, 11) is 0. The van der Waals surface area contributed by atoms with Gasteiger partial charge in [-0.1, -0.05) is 32.0 Å². The third-order valence-corrected chi connectivity index (χ3v) is 11.1. The van der Waals surface area contributed by atoms with Gasteiger partial charge >= 0.3 is 0 Å². The van der Waals surface area contributed by atoms with Crippen molar-refractivity contribution in [2.45, 2.75) is 19.8 Å². The highest BCUT2D eigenvalue weighted by atomic mass is 32.1. The van der Waals surface area contributed by atoms with Crippen LogP contribution < -0.4 is 27.3 Å². The lowest BCUT2D eigenvalue weighted by atomic mass is 9.12. The Hall–Kier alpha value is -6.13. The average Bonchev–Trinajstić information content (AvgIpc) is 3.26. The van der Waals surface area contributed by atoms with Crippen LogP contribution in [0.2, 0.25) is 0 Å². The van der Waals surface area contributed by atoms with E-state index >= 15 is 35.1 Å². The Labute approximate surface area is 341 Å². The SMILES string of the molecule is CC(C)c1ccc2sc3ccccc3c(=O)c2c1.Fc1c(F)c(F)c([B-](c2c(F)c(F)c(F)c(F)c2F)(c2c(F)c(F)c(F)c(F)c2F)c2c(F)c(F)c(F)c(F)c2F)c(F)c1F. The molecule has 330 valence electrons. The first-order chi connectivity index (χ1) is 29.4. The monoisotopic (exact) mass is 933 g/mol. The predicted octanol–water partition coefficient (Wildman–Crippen LogP) is 10.4. The molecule has 0 atom stereocenters. The second-order valence-electron chi connectivity index (χ2n) is 13.6. The van der Waals surface area contributed by atoms with Gasteiger partial charge in [0, 0.05) is 20.2 Å². The molecule has 0 bridgehead atoms. The van der Waals surface area contributed by atoms with Gasteiger partial charge in [0.2, 0.25) is 0 Å². The van der Waals surface area contributed by atoms with Crippen LogP contribution in [-0.4, -0.2) is 6.15 Å². The van der Waals surface area contributed by atoms with Crippen LogP contribution in [0.25, 0.3) is 20.2 Å². The minimum atomic E-state index is -7.22. The molecule has 0 N–H and O–H groups in total. The topological polar surface area (TPSA) is 17.1 Å². The van der Waals surface area contributed by atoms with Crippen molar-refractivity contribution in [3.05, 3.63) is 175 Å². The third kappa shape index (κ3) is 6.85. The van der Waals surface area contributed by atoms with E-state index in [4.69, 9.17) is 0 Å². The molecule has 0 unspecified atom stereocenters. The molecule has 0 spiro atoms. The number of halogens is 20. The van der Waals surface area contributed by atoms with Gasteiger partial charge in [-0.3, -0.25) is 4.79 Å². The Morgan fingerprint density at radius 3 is 0.937 bits per heavy atom. The standard InChI is InChI=1S/C24BF20.C16H14OS/c26-5-1(6(27)14(35)21(42)13(5)34)25(2-7(28)15(36)22(43)16(37)8(2)29,3-9(30)17(38)23(44)18(39)10(3)31)4-11(32)19(40)24(45)20(41)12(4)33;1-10(2)11-7-8-15-13(9-11)16(17)12-5-3-4-6-14(12)18-15/h;3-10H,1-2H3/q-1;. The molecular weight excluding hydrogens is 919 g/mol. The van der Waals surface area contributed by atoms with E-state index in [0.29, 0.717) is 5.92 Å². The molecule has 23 heteroatoms. The summed E-state index contributed by atoms with van der Waals surface area (Å²) in [6.45, 7) is 4.30. The minimum Gasteiger partial charge on any atom is -0.289 e. The number of benzene rings is 6. The molecule has 0 fully saturated rings. The molecule has 0 aliphatic heterocycles. The van der Waals surface area contributed by atoms with Crippen LogP contribution in [0.4, 0.5) is 87.8 Å². The lowest BCUT2D eigenvalue weighted by Gasteiger charge is -2.44. The summed E-state index contributed by atoms with van der Waals surface area (Å²) in [5.41, 5.74) is -13.0. The van der Waals surface area contributed by atoms with Crippen LogP contribution >= 0.6 is 11.3 Å². The first-order valence-corrected chi connectivity index (χ1v) is 17.9. The van der Waals surface area contributed by atoms with E-state index in [9.17, 15) is 57.5 Å². The normalized spacial score (nSPS) is 11.9. The second kappa shape index (κ2) is 16.5. The van der Waals surface area contributed by atoms with Crippen molar-refractivity contribution in [2.75, 3.05) is 0 Å². The first-order valence-electron chi connectivity index (χ1n) is 17.1. The number of hydrogen-bond donors (Lipinski definition) is 0. The second-order valence-corrected chi connectivity index (χ2v) is 14.7. The summed E-state index contributed by atoms with van der Waals surface area (Å²) < 4.78 is 296. The molecule has 7 rings (SSSR count). The highest BCUT2D eigenvalue weighted by molar-refractivity contribution is 7.24. The lowest BCUT2D eigenvalue weighted by Crippen LogP contribution is -2.81. The highest BCUT2D eigenvalue weighted by Gasteiger charge is 2.52. The van der Waals surface area contributed by atoms with E-state index in [1.165, 1.54) is 5.56 Å². The molecule has 1 heterocycles. The Morgan fingerprint density at radius 2 is 0.635 bits per heavy atom. The summed E-state index contributed by atoms with van der Waals surface area (Å²) in [5, 5.41) is 1.68. The fourth-order valence-corrected chi connectivity index (χ4v) is 8.11. The van der Waals surface area contributed by atoms with Crippen LogP contribution in [0, 0.1) is 116 Å². The summed E-state index contributed by atoms with van der Waals surface area (Å²) >= 11 is 1.69. The lowest BCUT2D eigenvalue weighted by molar-refractivity contribution is 0.378. The summed E-state index contributed by atoms with van der Waals surface area (Å²) in [5.74, 6) is -71.0. The highest BCUT2D eigenvalue weighted by Crippen LogP contribution is 2.31. The van der Waals surface area contributed by atoms with E-state index in [-0.39, 0.29) is 5.43 Å². The fraction of sp³-hybridized carbons (Fsp3) is 0.0750. The van der Waals surface area contributed by atoms with E-state index in [0.717, 1.165) is 20.2 Å². The molecule has 7 aromatic rings. The van der Waals surface area contributed by atoms with Gasteiger partial charge in [-0.25, -0.2) is 87.8 Å². The van der Waals surface area contributed by atoms with Crippen molar-refractivity contribution >= 4 is 59.5 Å². The van der Waals surface area contributed by atoms with Crippen molar-refractivity contribution in [1.29, 1.82) is 0 Å². The minimum absolute atomic E-state index is 0.154. The molecule has 0 radical (unpaired) electrons. The summed E-state index contributed by atoms with van der Waals surface area (Å²) in [6, 6.07) is 14.1. The zero-order chi connectivity index (χ0) is 47.1. The third-order valence-electron chi connectivity index (χ3n) is 9.97. The van der Waals surface area contributed by atoms with Gasteiger partial charge in [-0.2, -0.15) is 0 Å². The predicted molar refractivity (Wildman–Crippen MR) is 189 cm³/mol. The zero-order valence-corrected chi connectivity index (χ0v) is 31.4. The molecule has 1 aromatic heterocycles. The maximum Gasteiger partial charge on any atom is 0.200 e. The molecule has 0 amide bonds. The molecular formula is C40H14BF20OS-. The van der Waals surface area contributed by atoms with Gasteiger partial charge in [0.05, 0.1) is 0 Å². The van der Waals surface area contributed by atoms with E-state index < -0.39 is 144 Å². The van der Waals surface area contributed by atoms with E-state index in [1.54, 1.807) is 11.3 Å². The zero-order valence-electron chi connectivity index (χ0n) is 30.6. The van der Waals surface area contributed by atoms with Gasteiger partial charge in [-0.15, -0.1) is 33.2 Å².